The molecule has 3 rings (SSSR count). The number of rotatable bonds is 4. The van der Waals surface area contributed by atoms with Crippen molar-refractivity contribution in [1.82, 2.24) is 5.32 Å². The standard InChI is InChI=1S/C18H18FNOS2/c1-22-11-12-3-2-4-13(9-12)18(21)20-16-7-8-23-17-6-5-14(19)10-15(16)17/h2-6,9-10,16H,7-8,11H2,1H3,(H,20,21). The van der Waals surface area contributed by atoms with Gasteiger partial charge < -0.3 is 5.32 Å². The highest BCUT2D eigenvalue weighted by Crippen LogP contribution is 2.36. The van der Waals surface area contributed by atoms with Crippen molar-refractivity contribution in [3.8, 4) is 0 Å². The minimum atomic E-state index is -0.257. The maximum Gasteiger partial charge on any atom is 0.251 e. The Kier molecular flexibility index (Phi) is 5.28. The Hall–Kier alpha value is -1.46. The third-order valence-electron chi connectivity index (χ3n) is 3.82. The highest BCUT2D eigenvalue weighted by atomic mass is 32.2. The summed E-state index contributed by atoms with van der Waals surface area (Å²) in [5, 5.41) is 3.06. The Labute approximate surface area is 144 Å². The molecule has 2 aromatic rings. The fraction of sp³-hybridized carbons (Fsp3) is 0.278. The molecule has 0 aromatic heterocycles. The number of halogens is 1. The van der Waals surface area contributed by atoms with Crippen LogP contribution in [-0.4, -0.2) is 17.9 Å². The SMILES string of the molecule is CSCc1cccc(C(=O)NC2CCSc3ccc(F)cc32)c1. The molecule has 1 N–H and O–H groups in total. The highest BCUT2D eigenvalue weighted by Gasteiger charge is 2.23. The molecular weight excluding hydrogens is 329 g/mol. The van der Waals surface area contributed by atoms with E-state index >= 15 is 0 Å². The van der Waals surface area contributed by atoms with Crippen molar-refractivity contribution in [2.24, 2.45) is 0 Å². The minimum Gasteiger partial charge on any atom is -0.345 e. The second-order valence-corrected chi connectivity index (χ2v) is 7.48. The molecule has 0 spiro atoms. The monoisotopic (exact) mass is 347 g/mol. The maximum absolute atomic E-state index is 13.5. The number of thioether (sulfide) groups is 2. The summed E-state index contributed by atoms with van der Waals surface area (Å²) in [6, 6.07) is 12.4. The molecule has 1 atom stereocenters. The molecule has 0 radical (unpaired) electrons. The van der Waals surface area contributed by atoms with E-state index in [0.717, 1.165) is 33.9 Å². The zero-order chi connectivity index (χ0) is 16.2. The molecule has 0 saturated carbocycles. The van der Waals surface area contributed by atoms with Crippen molar-refractivity contribution in [1.29, 1.82) is 0 Å². The van der Waals surface area contributed by atoms with E-state index in [2.05, 4.69) is 5.32 Å². The molecule has 1 heterocycles. The summed E-state index contributed by atoms with van der Waals surface area (Å²) in [6.45, 7) is 0. The molecule has 120 valence electrons. The summed E-state index contributed by atoms with van der Waals surface area (Å²) >= 11 is 3.44. The molecule has 0 saturated heterocycles. The lowest BCUT2D eigenvalue weighted by atomic mass is 10.0. The molecule has 2 nitrogen and oxygen atoms in total. The van der Waals surface area contributed by atoms with Gasteiger partial charge in [-0.1, -0.05) is 12.1 Å². The van der Waals surface area contributed by atoms with Crippen LogP contribution in [0.25, 0.3) is 0 Å². The van der Waals surface area contributed by atoms with Crippen LogP contribution in [0.4, 0.5) is 4.39 Å². The predicted molar refractivity (Wildman–Crippen MR) is 95.6 cm³/mol. The van der Waals surface area contributed by atoms with E-state index < -0.39 is 0 Å². The fourth-order valence-electron chi connectivity index (χ4n) is 2.73. The van der Waals surface area contributed by atoms with Gasteiger partial charge in [-0.05, 0) is 54.1 Å². The first-order valence-electron chi connectivity index (χ1n) is 7.48. The second kappa shape index (κ2) is 7.41. The third kappa shape index (κ3) is 3.90. The van der Waals surface area contributed by atoms with Crippen LogP contribution in [0.15, 0.2) is 47.4 Å². The first kappa shape index (κ1) is 16.4. The van der Waals surface area contributed by atoms with E-state index in [4.69, 9.17) is 0 Å². The van der Waals surface area contributed by atoms with Crippen LogP contribution >= 0.6 is 23.5 Å². The molecule has 0 bridgehead atoms. The summed E-state index contributed by atoms with van der Waals surface area (Å²) in [4.78, 5) is 13.6. The van der Waals surface area contributed by atoms with Gasteiger partial charge in [0.25, 0.3) is 5.91 Å². The number of fused-ring (bicyclic) bond motifs is 1. The van der Waals surface area contributed by atoms with E-state index in [1.165, 1.54) is 12.1 Å². The van der Waals surface area contributed by atoms with Gasteiger partial charge in [0.15, 0.2) is 0 Å². The summed E-state index contributed by atoms with van der Waals surface area (Å²) in [5.41, 5.74) is 2.68. The molecule has 23 heavy (non-hydrogen) atoms. The Morgan fingerprint density at radius 3 is 3.04 bits per heavy atom. The second-order valence-electron chi connectivity index (χ2n) is 5.48. The van der Waals surface area contributed by atoms with E-state index in [0.29, 0.717) is 5.56 Å². The number of carbonyl (C=O) groups is 1. The van der Waals surface area contributed by atoms with Crippen molar-refractivity contribution in [2.45, 2.75) is 23.1 Å². The van der Waals surface area contributed by atoms with E-state index in [1.54, 1.807) is 29.6 Å². The molecule has 2 aromatic carbocycles. The van der Waals surface area contributed by atoms with E-state index in [-0.39, 0.29) is 17.8 Å². The Balaban J connectivity index is 1.79. The predicted octanol–water partition coefficient (Wildman–Crippen LogP) is 4.66. The van der Waals surface area contributed by atoms with E-state index in [1.807, 2.05) is 30.5 Å². The van der Waals surface area contributed by atoms with Crippen LogP contribution in [0.1, 0.15) is 33.9 Å². The zero-order valence-corrected chi connectivity index (χ0v) is 14.5. The smallest absolute Gasteiger partial charge is 0.251 e. The first-order valence-corrected chi connectivity index (χ1v) is 9.86. The molecule has 1 aliphatic rings. The summed E-state index contributed by atoms with van der Waals surface area (Å²) in [5.74, 6) is 1.46. The van der Waals surface area contributed by atoms with Crippen LogP contribution in [0, 0.1) is 5.82 Å². The van der Waals surface area contributed by atoms with Gasteiger partial charge in [-0.25, -0.2) is 4.39 Å². The van der Waals surface area contributed by atoms with Gasteiger partial charge in [0.1, 0.15) is 5.82 Å². The van der Waals surface area contributed by atoms with Gasteiger partial charge in [0, 0.05) is 22.0 Å². The number of carbonyl (C=O) groups excluding carboxylic acids is 1. The first-order chi connectivity index (χ1) is 11.2. The quantitative estimate of drug-likeness (QED) is 0.872. The Morgan fingerprint density at radius 2 is 2.22 bits per heavy atom. The van der Waals surface area contributed by atoms with Crippen LogP contribution in [0.5, 0.6) is 0 Å². The largest absolute Gasteiger partial charge is 0.345 e. The fourth-order valence-corrected chi connectivity index (χ4v) is 4.34. The van der Waals surface area contributed by atoms with Crippen LogP contribution in [0.3, 0.4) is 0 Å². The topological polar surface area (TPSA) is 29.1 Å². The van der Waals surface area contributed by atoms with Gasteiger partial charge in [-0.15, -0.1) is 11.8 Å². The lowest BCUT2D eigenvalue weighted by Gasteiger charge is -2.26. The molecule has 1 amide bonds. The van der Waals surface area contributed by atoms with Gasteiger partial charge >= 0.3 is 0 Å². The molecule has 0 fully saturated rings. The number of amides is 1. The van der Waals surface area contributed by atoms with Crippen LogP contribution in [-0.2, 0) is 5.75 Å². The summed E-state index contributed by atoms with van der Waals surface area (Å²) < 4.78 is 13.5. The summed E-state index contributed by atoms with van der Waals surface area (Å²) in [6.07, 6.45) is 2.86. The number of hydrogen-bond donors (Lipinski definition) is 1. The number of benzene rings is 2. The van der Waals surface area contributed by atoms with Crippen LogP contribution < -0.4 is 5.32 Å². The number of nitrogens with one attached hydrogen (secondary N) is 1. The minimum absolute atomic E-state index is 0.0972. The molecule has 1 aliphatic heterocycles. The van der Waals surface area contributed by atoms with Crippen molar-refractivity contribution in [3.63, 3.8) is 0 Å². The third-order valence-corrected chi connectivity index (χ3v) is 5.56. The van der Waals surface area contributed by atoms with Crippen molar-refractivity contribution < 1.29 is 9.18 Å². The maximum atomic E-state index is 13.5. The molecule has 1 unspecified atom stereocenters. The zero-order valence-electron chi connectivity index (χ0n) is 12.8. The average Bonchev–Trinajstić information content (AvgIpc) is 2.56. The molecular formula is C18H18FNOS2. The molecule has 0 aliphatic carbocycles. The van der Waals surface area contributed by atoms with Crippen molar-refractivity contribution >= 4 is 29.4 Å². The lowest BCUT2D eigenvalue weighted by molar-refractivity contribution is 0.0935. The van der Waals surface area contributed by atoms with Gasteiger partial charge in [0.05, 0.1) is 6.04 Å². The van der Waals surface area contributed by atoms with Gasteiger partial charge in [-0.3, -0.25) is 4.79 Å². The summed E-state index contributed by atoms with van der Waals surface area (Å²) in [7, 11) is 0. The van der Waals surface area contributed by atoms with Crippen molar-refractivity contribution in [3.05, 3.63) is 65.0 Å². The van der Waals surface area contributed by atoms with Crippen molar-refractivity contribution in [2.75, 3.05) is 12.0 Å². The Morgan fingerprint density at radius 1 is 1.35 bits per heavy atom. The van der Waals surface area contributed by atoms with Gasteiger partial charge in [-0.2, -0.15) is 11.8 Å². The van der Waals surface area contributed by atoms with E-state index in [9.17, 15) is 9.18 Å². The van der Waals surface area contributed by atoms with Crippen LogP contribution in [0.2, 0.25) is 0 Å². The molecule has 5 heteroatoms. The lowest BCUT2D eigenvalue weighted by Crippen LogP contribution is -2.30. The van der Waals surface area contributed by atoms with Gasteiger partial charge in [0.2, 0.25) is 0 Å². The normalized spacial score (nSPS) is 16.7. The Bertz CT molecular complexity index is 720. The number of hydrogen-bond acceptors (Lipinski definition) is 3. The highest BCUT2D eigenvalue weighted by molar-refractivity contribution is 7.99. The average molecular weight is 347 g/mol.